The second-order valence-electron chi connectivity index (χ2n) is 3.66. The zero-order chi connectivity index (χ0) is 13.1. The molecule has 0 aliphatic rings. The van der Waals surface area contributed by atoms with Gasteiger partial charge in [0.25, 0.3) is 0 Å². The molecule has 0 heterocycles. The van der Waals surface area contributed by atoms with Gasteiger partial charge in [0.15, 0.2) is 5.92 Å². The van der Waals surface area contributed by atoms with Crippen LogP contribution in [0.15, 0.2) is 0 Å². The van der Waals surface area contributed by atoms with E-state index in [2.05, 4.69) is 5.32 Å². The van der Waals surface area contributed by atoms with Crippen molar-refractivity contribution in [2.75, 3.05) is 26.8 Å². The molecule has 0 rings (SSSR count). The molecule has 0 bridgehead atoms. The third-order valence-corrected chi connectivity index (χ3v) is 2.31. The van der Waals surface area contributed by atoms with Crippen LogP contribution in [0.5, 0.6) is 0 Å². The van der Waals surface area contributed by atoms with Crippen LogP contribution in [0.1, 0.15) is 33.1 Å². The van der Waals surface area contributed by atoms with Gasteiger partial charge in [0, 0.05) is 0 Å². The van der Waals surface area contributed by atoms with Crippen LogP contribution < -0.4 is 5.32 Å². The molecule has 0 radical (unpaired) electrons. The van der Waals surface area contributed by atoms with Crippen molar-refractivity contribution in [3.8, 4) is 0 Å². The van der Waals surface area contributed by atoms with E-state index in [1.54, 1.807) is 13.8 Å². The van der Waals surface area contributed by atoms with Gasteiger partial charge in [-0.3, -0.25) is 9.59 Å². The minimum absolute atomic E-state index is 0.283. The molecule has 0 aliphatic carbocycles. The van der Waals surface area contributed by atoms with Gasteiger partial charge < -0.3 is 14.8 Å². The van der Waals surface area contributed by atoms with Crippen molar-refractivity contribution in [1.82, 2.24) is 5.32 Å². The van der Waals surface area contributed by atoms with Gasteiger partial charge in [-0.2, -0.15) is 0 Å². The van der Waals surface area contributed by atoms with Gasteiger partial charge >= 0.3 is 11.9 Å². The molecule has 0 aromatic heterocycles. The molecule has 0 spiro atoms. The Hall–Kier alpha value is -1.10. The number of carbonyl (C=O) groups excluding carboxylic acids is 2. The Labute approximate surface area is 103 Å². The molecular weight excluding hydrogens is 222 g/mol. The van der Waals surface area contributed by atoms with E-state index in [9.17, 15) is 9.59 Å². The average molecular weight is 245 g/mol. The molecule has 1 N–H and O–H groups in total. The van der Waals surface area contributed by atoms with E-state index in [1.165, 1.54) is 0 Å². The number of unbranched alkanes of at least 4 members (excludes halogenated alkanes) is 1. The van der Waals surface area contributed by atoms with E-state index in [1.807, 2.05) is 7.05 Å². The van der Waals surface area contributed by atoms with Crippen LogP contribution in [-0.2, 0) is 19.1 Å². The number of hydrogen-bond acceptors (Lipinski definition) is 5. The lowest BCUT2D eigenvalue weighted by Crippen LogP contribution is -2.28. The molecule has 0 saturated carbocycles. The molecule has 0 saturated heterocycles. The quantitative estimate of drug-likeness (QED) is 0.374. The minimum atomic E-state index is -0.772. The van der Waals surface area contributed by atoms with Gasteiger partial charge in [-0.25, -0.2) is 0 Å². The highest BCUT2D eigenvalue weighted by atomic mass is 16.6. The third kappa shape index (κ3) is 6.94. The van der Waals surface area contributed by atoms with Crippen molar-refractivity contribution in [3.63, 3.8) is 0 Å². The Morgan fingerprint density at radius 2 is 1.59 bits per heavy atom. The fourth-order valence-electron chi connectivity index (χ4n) is 1.47. The molecule has 0 aromatic carbocycles. The number of hydrogen-bond donors (Lipinski definition) is 1. The number of rotatable bonds is 9. The topological polar surface area (TPSA) is 64.6 Å². The SMILES string of the molecule is CCOC(=O)C(CCCCNC)C(=O)OCC. The van der Waals surface area contributed by atoms with Crippen molar-refractivity contribution < 1.29 is 19.1 Å². The summed E-state index contributed by atoms with van der Waals surface area (Å²) in [4.78, 5) is 23.2. The Kier molecular flexibility index (Phi) is 9.43. The summed E-state index contributed by atoms with van der Waals surface area (Å²) in [7, 11) is 1.87. The zero-order valence-corrected chi connectivity index (χ0v) is 11.0. The number of nitrogens with one attached hydrogen (secondary N) is 1. The van der Waals surface area contributed by atoms with E-state index >= 15 is 0 Å². The molecule has 0 atom stereocenters. The maximum atomic E-state index is 11.6. The van der Waals surface area contributed by atoms with Crippen LogP contribution in [0.3, 0.4) is 0 Å². The highest BCUT2D eigenvalue weighted by Crippen LogP contribution is 2.13. The van der Waals surface area contributed by atoms with E-state index < -0.39 is 17.9 Å². The van der Waals surface area contributed by atoms with Crippen molar-refractivity contribution in [3.05, 3.63) is 0 Å². The molecule has 5 heteroatoms. The molecule has 0 aromatic rings. The number of carbonyl (C=O) groups is 2. The van der Waals surface area contributed by atoms with Crippen molar-refractivity contribution >= 4 is 11.9 Å². The van der Waals surface area contributed by atoms with Crippen LogP contribution in [0.25, 0.3) is 0 Å². The fourth-order valence-corrected chi connectivity index (χ4v) is 1.47. The summed E-state index contributed by atoms with van der Waals surface area (Å²) in [5, 5.41) is 3.02. The highest BCUT2D eigenvalue weighted by Gasteiger charge is 2.28. The van der Waals surface area contributed by atoms with E-state index in [-0.39, 0.29) is 13.2 Å². The van der Waals surface area contributed by atoms with E-state index in [4.69, 9.17) is 9.47 Å². The first-order chi connectivity index (χ1) is 8.17. The second kappa shape index (κ2) is 10.1. The summed E-state index contributed by atoms with van der Waals surface area (Å²) in [5.41, 5.74) is 0. The third-order valence-electron chi connectivity index (χ3n) is 2.31. The first kappa shape index (κ1) is 15.9. The predicted molar refractivity (Wildman–Crippen MR) is 64.5 cm³/mol. The van der Waals surface area contributed by atoms with Gasteiger partial charge in [-0.15, -0.1) is 0 Å². The maximum Gasteiger partial charge on any atom is 0.320 e. The summed E-state index contributed by atoms with van der Waals surface area (Å²) in [6.45, 7) is 4.89. The standard InChI is InChI=1S/C12H23NO4/c1-4-16-11(14)10(12(15)17-5-2)8-6-7-9-13-3/h10,13H,4-9H2,1-3H3. The van der Waals surface area contributed by atoms with Crippen LogP contribution in [0.4, 0.5) is 0 Å². The monoisotopic (exact) mass is 245 g/mol. The molecule has 0 fully saturated rings. The summed E-state index contributed by atoms with van der Waals surface area (Å²) in [6.07, 6.45) is 2.20. The molecule has 0 aliphatic heterocycles. The van der Waals surface area contributed by atoms with Crippen molar-refractivity contribution in [2.24, 2.45) is 5.92 Å². The summed E-state index contributed by atoms with van der Waals surface area (Å²) >= 11 is 0. The highest BCUT2D eigenvalue weighted by molar-refractivity contribution is 5.94. The van der Waals surface area contributed by atoms with Gasteiger partial charge in [0.1, 0.15) is 0 Å². The number of esters is 2. The van der Waals surface area contributed by atoms with Gasteiger partial charge in [0.05, 0.1) is 13.2 Å². The molecular formula is C12H23NO4. The van der Waals surface area contributed by atoms with Gasteiger partial charge in [0.2, 0.25) is 0 Å². The van der Waals surface area contributed by atoms with Gasteiger partial charge in [-0.05, 0) is 40.3 Å². The molecule has 5 nitrogen and oxygen atoms in total. The summed E-state index contributed by atoms with van der Waals surface area (Å²) < 4.78 is 9.75. The normalized spacial score (nSPS) is 10.4. The van der Waals surface area contributed by atoms with E-state index in [0.29, 0.717) is 6.42 Å². The Balaban J connectivity index is 4.19. The van der Waals surface area contributed by atoms with Crippen LogP contribution >= 0.6 is 0 Å². The summed E-state index contributed by atoms with van der Waals surface area (Å²) in [5.74, 6) is -1.72. The van der Waals surface area contributed by atoms with Crippen LogP contribution in [0.2, 0.25) is 0 Å². The van der Waals surface area contributed by atoms with Crippen LogP contribution in [0, 0.1) is 5.92 Å². The zero-order valence-electron chi connectivity index (χ0n) is 11.0. The molecule has 0 unspecified atom stereocenters. The molecule has 0 amide bonds. The largest absolute Gasteiger partial charge is 0.465 e. The fraction of sp³-hybridized carbons (Fsp3) is 0.833. The van der Waals surface area contributed by atoms with Crippen molar-refractivity contribution in [2.45, 2.75) is 33.1 Å². The number of ether oxygens (including phenoxy) is 2. The minimum Gasteiger partial charge on any atom is -0.465 e. The predicted octanol–water partition coefficient (Wildman–Crippen LogP) is 1.12. The van der Waals surface area contributed by atoms with Crippen LogP contribution in [-0.4, -0.2) is 38.7 Å². The Bertz CT molecular complexity index is 213. The summed E-state index contributed by atoms with van der Waals surface area (Å²) in [6, 6.07) is 0. The van der Waals surface area contributed by atoms with E-state index in [0.717, 1.165) is 19.4 Å². The Morgan fingerprint density at radius 3 is 2.00 bits per heavy atom. The molecule has 100 valence electrons. The second-order valence-corrected chi connectivity index (χ2v) is 3.66. The maximum absolute atomic E-state index is 11.6. The lowest BCUT2D eigenvalue weighted by molar-refractivity contribution is -0.161. The first-order valence-corrected chi connectivity index (χ1v) is 6.15. The lowest BCUT2D eigenvalue weighted by Gasteiger charge is -2.13. The lowest BCUT2D eigenvalue weighted by atomic mass is 10.0. The average Bonchev–Trinajstić information content (AvgIpc) is 2.29. The van der Waals surface area contributed by atoms with Gasteiger partial charge in [-0.1, -0.05) is 6.42 Å². The van der Waals surface area contributed by atoms with Crippen molar-refractivity contribution in [1.29, 1.82) is 0 Å². The Morgan fingerprint density at radius 1 is 1.06 bits per heavy atom. The first-order valence-electron chi connectivity index (χ1n) is 6.15. The smallest absolute Gasteiger partial charge is 0.320 e. The molecule has 17 heavy (non-hydrogen) atoms.